The van der Waals surface area contributed by atoms with Gasteiger partial charge in [-0.2, -0.15) is 9.41 Å². The molecule has 0 spiro atoms. The molecule has 1 saturated heterocycles. The summed E-state index contributed by atoms with van der Waals surface area (Å²) in [6, 6.07) is 13.1. The molecule has 1 aromatic heterocycles. The second-order valence-corrected chi connectivity index (χ2v) is 10.4. The van der Waals surface area contributed by atoms with Crippen LogP contribution in [0.25, 0.3) is 5.69 Å². The van der Waals surface area contributed by atoms with E-state index in [4.69, 9.17) is 11.6 Å². The van der Waals surface area contributed by atoms with Crippen molar-refractivity contribution in [3.8, 4) is 5.69 Å². The maximum atomic E-state index is 13.3. The summed E-state index contributed by atoms with van der Waals surface area (Å²) in [6.45, 7) is 4.08. The minimum absolute atomic E-state index is 0.0911. The minimum atomic E-state index is -3.84. The zero-order valence-corrected chi connectivity index (χ0v) is 20.3. The standard InChI is InChI=1S/C24H24ClFN4O3S/c1-16-14-18(17(2)30(16)21-9-7-20(26)8-10-21)15-27-28-24(31)23-4-3-13-29(23)34(32,33)22-11-5-19(25)6-12-22/h5-12,14-15,23H,3-4,13H2,1-2H3,(H,28,31)/b27-15-/t23-/m0/s1. The Bertz CT molecular complexity index is 1340. The fourth-order valence-electron chi connectivity index (χ4n) is 4.18. The van der Waals surface area contributed by atoms with E-state index in [1.54, 1.807) is 12.1 Å². The Morgan fingerprint density at radius 3 is 2.50 bits per heavy atom. The minimum Gasteiger partial charge on any atom is -0.318 e. The van der Waals surface area contributed by atoms with Gasteiger partial charge in [0.2, 0.25) is 10.0 Å². The zero-order valence-electron chi connectivity index (χ0n) is 18.7. The van der Waals surface area contributed by atoms with Crippen molar-refractivity contribution in [2.45, 2.75) is 37.6 Å². The highest BCUT2D eigenvalue weighted by Crippen LogP contribution is 2.27. The molecule has 0 bridgehead atoms. The predicted octanol–water partition coefficient (Wildman–Crippen LogP) is 4.19. The maximum Gasteiger partial charge on any atom is 0.258 e. The Morgan fingerprint density at radius 1 is 1.15 bits per heavy atom. The Morgan fingerprint density at radius 2 is 1.82 bits per heavy atom. The lowest BCUT2D eigenvalue weighted by molar-refractivity contribution is -0.124. The molecule has 1 aliphatic rings. The third-order valence-corrected chi connectivity index (χ3v) is 8.03. The lowest BCUT2D eigenvalue weighted by atomic mass is 10.2. The highest BCUT2D eigenvalue weighted by Gasteiger charge is 2.39. The van der Waals surface area contributed by atoms with Crippen molar-refractivity contribution in [1.82, 2.24) is 14.3 Å². The second kappa shape index (κ2) is 9.69. The Kier molecular flexibility index (Phi) is 6.88. The molecule has 10 heteroatoms. The van der Waals surface area contributed by atoms with E-state index in [1.165, 1.54) is 46.9 Å². The number of aromatic nitrogens is 1. The van der Waals surface area contributed by atoms with Crippen molar-refractivity contribution in [3.05, 3.63) is 82.4 Å². The molecule has 34 heavy (non-hydrogen) atoms. The molecule has 0 unspecified atom stereocenters. The summed E-state index contributed by atoms with van der Waals surface area (Å²) >= 11 is 5.87. The molecule has 0 saturated carbocycles. The summed E-state index contributed by atoms with van der Waals surface area (Å²) in [5.41, 5.74) is 5.87. The van der Waals surface area contributed by atoms with E-state index in [0.717, 1.165) is 22.6 Å². The number of hydrazone groups is 1. The van der Waals surface area contributed by atoms with E-state index in [-0.39, 0.29) is 17.3 Å². The molecular formula is C24H24ClFN4O3S. The van der Waals surface area contributed by atoms with Gasteiger partial charge in [0.1, 0.15) is 11.9 Å². The van der Waals surface area contributed by atoms with Crippen molar-refractivity contribution in [2.24, 2.45) is 5.10 Å². The van der Waals surface area contributed by atoms with Gasteiger partial charge >= 0.3 is 0 Å². The first kappa shape index (κ1) is 24.1. The molecule has 7 nitrogen and oxygen atoms in total. The molecule has 0 radical (unpaired) electrons. The molecule has 1 aliphatic heterocycles. The van der Waals surface area contributed by atoms with Gasteiger partial charge in [-0.15, -0.1) is 0 Å². The van der Waals surface area contributed by atoms with Gasteiger partial charge in [0.15, 0.2) is 0 Å². The fraction of sp³-hybridized carbons (Fsp3) is 0.250. The van der Waals surface area contributed by atoms with Crippen LogP contribution in [0.5, 0.6) is 0 Å². The van der Waals surface area contributed by atoms with E-state index in [1.807, 2.05) is 24.5 Å². The van der Waals surface area contributed by atoms with Crippen LogP contribution in [0.3, 0.4) is 0 Å². The summed E-state index contributed by atoms with van der Waals surface area (Å²) in [5.74, 6) is -0.798. The van der Waals surface area contributed by atoms with Crippen LogP contribution < -0.4 is 5.43 Å². The van der Waals surface area contributed by atoms with Crippen molar-refractivity contribution in [2.75, 3.05) is 6.54 Å². The zero-order chi connectivity index (χ0) is 24.5. The molecule has 1 amide bonds. The number of halogens is 2. The summed E-state index contributed by atoms with van der Waals surface area (Å²) in [6.07, 6.45) is 2.51. The van der Waals surface area contributed by atoms with Gasteiger partial charge < -0.3 is 4.57 Å². The van der Waals surface area contributed by atoms with Gasteiger partial charge in [-0.25, -0.2) is 18.2 Å². The van der Waals surface area contributed by atoms with Gasteiger partial charge in [-0.05, 0) is 81.3 Å². The van der Waals surface area contributed by atoms with Crippen LogP contribution in [-0.2, 0) is 14.8 Å². The number of rotatable bonds is 6. The van der Waals surface area contributed by atoms with Crippen LogP contribution in [0.15, 0.2) is 64.6 Å². The van der Waals surface area contributed by atoms with E-state index in [2.05, 4.69) is 10.5 Å². The summed E-state index contributed by atoms with van der Waals surface area (Å²) in [5, 5.41) is 4.51. The Hall–Kier alpha value is -3.01. The number of nitrogens with zero attached hydrogens (tertiary/aromatic N) is 3. The molecule has 2 aromatic carbocycles. The third kappa shape index (κ3) is 4.77. The molecule has 1 fully saturated rings. The van der Waals surface area contributed by atoms with Crippen LogP contribution in [0, 0.1) is 19.7 Å². The first-order chi connectivity index (χ1) is 16.2. The van der Waals surface area contributed by atoms with Gasteiger partial charge in [-0.3, -0.25) is 4.79 Å². The first-order valence-electron chi connectivity index (χ1n) is 10.7. The quantitative estimate of drug-likeness (QED) is 0.405. The summed E-state index contributed by atoms with van der Waals surface area (Å²) in [7, 11) is -3.84. The SMILES string of the molecule is Cc1cc(/C=N\NC(=O)[C@@H]2CCCN2S(=O)(=O)c2ccc(Cl)cc2)c(C)n1-c1ccc(F)cc1. The van der Waals surface area contributed by atoms with Crippen LogP contribution in [-0.4, -0.2) is 42.0 Å². The van der Waals surface area contributed by atoms with Crippen LogP contribution in [0.2, 0.25) is 5.02 Å². The van der Waals surface area contributed by atoms with E-state index in [0.29, 0.717) is 17.9 Å². The molecule has 3 aromatic rings. The van der Waals surface area contributed by atoms with Crippen molar-refractivity contribution >= 4 is 33.7 Å². The lowest BCUT2D eigenvalue weighted by Crippen LogP contribution is -2.44. The highest BCUT2D eigenvalue weighted by molar-refractivity contribution is 7.89. The highest BCUT2D eigenvalue weighted by atomic mass is 35.5. The number of amides is 1. The largest absolute Gasteiger partial charge is 0.318 e. The van der Waals surface area contributed by atoms with Gasteiger partial charge in [0.25, 0.3) is 5.91 Å². The molecule has 1 atom stereocenters. The smallest absolute Gasteiger partial charge is 0.258 e. The Balaban J connectivity index is 1.48. The maximum absolute atomic E-state index is 13.3. The van der Waals surface area contributed by atoms with Crippen molar-refractivity contribution in [1.29, 1.82) is 0 Å². The van der Waals surface area contributed by atoms with Crippen LogP contribution >= 0.6 is 11.6 Å². The summed E-state index contributed by atoms with van der Waals surface area (Å²) in [4.78, 5) is 12.9. The van der Waals surface area contributed by atoms with Gasteiger partial charge in [0, 0.05) is 34.2 Å². The monoisotopic (exact) mass is 502 g/mol. The number of hydrogen-bond donors (Lipinski definition) is 1. The van der Waals surface area contributed by atoms with Crippen molar-refractivity contribution in [3.63, 3.8) is 0 Å². The van der Waals surface area contributed by atoms with Crippen LogP contribution in [0.4, 0.5) is 4.39 Å². The summed E-state index contributed by atoms with van der Waals surface area (Å²) < 4.78 is 42.5. The normalized spacial score (nSPS) is 16.9. The topological polar surface area (TPSA) is 83.8 Å². The number of carbonyl (C=O) groups excluding carboxylic acids is 1. The van der Waals surface area contributed by atoms with E-state index >= 15 is 0 Å². The molecule has 178 valence electrons. The lowest BCUT2D eigenvalue weighted by Gasteiger charge is -2.22. The number of carbonyl (C=O) groups is 1. The van der Waals surface area contributed by atoms with Gasteiger partial charge in [-0.1, -0.05) is 11.6 Å². The molecule has 4 rings (SSSR count). The number of sulfonamides is 1. The van der Waals surface area contributed by atoms with Crippen LogP contribution in [0.1, 0.15) is 29.8 Å². The number of aryl methyl sites for hydroxylation is 1. The van der Waals surface area contributed by atoms with E-state index in [9.17, 15) is 17.6 Å². The fourth-order valence-corrected chi connectivity index (χ4v) is 5.96. The third-order valence-electron chi connectivity index (χ3n) is 5.86. The first-order valence-corrected chi connectivity index (χ1v) is 12.6. The average Bonchev–Trinajstić information content (AvgIpc) is 3.40. The second-order valence-electron chi connectivity index (χ2n) is 8.10. The Labute approximate surface area is 202 Å². The average molecular weight is 503 g/mol. The molecule has 0 aliphatic carbocycles. The van der Waals surface area contributed by atoms with E-state index < -0.39 is 22.0 Å². The number of benzene rings is 2. The molecule has 2 heterocycles. The molecule has 1 N–H and O–H groups in total. The number of nitrogens with one attached hydrogen (secondary N) is 1. The predicted molar refractivity (Wildman–Crippen MR) is 129 cm³/mol. The van der Waals surface area contributed by atoms with Crippen molar-refractivity contribution < 1.29 is 17.6 Å². The van der Waals surface area contributed by atoms with Gasteiger partial charge in [0.05, 0.1) is 11.1 Å². The number of hydrogen-bond acceptors (Lipinski definition) is 4. The molecular weight excluding hydrogens is 479 g/mol.